The van der Waals surface area contributed by atoms with Crippen molar-refractivity contribution in [2.45, 2.75) is 33.6 Å². The Labute approximate surface area is 153 Å². The molecule has 5 nitrogen and oxygen atoms in total. The van der Waals surface area contributed by atoms with Crippen molar-refractivity contribution < 1.29 is 14.4 Å². The summed E-state index contributed by atoms with van der Waals surface area (Å²) in [4.78, 5) is 38.8. The molecule has 0 saturated carbocycles. The van der Waals surface area contributed by atoms with Crippen LogP contribution in [0.2, 0.25) is 0 Å². The summed E-state index contributed by atoms with van der Waals surface area (Å²) in [5.74, 6) is -1.27. The Hall–Kier alpha value is -2.95. The Bertz CT molecular complexity index is 931. The van der Waals surface area contributed by atoms with Crippen molar-refractivity contribution in [1.82, 2.24) is 5.32 Å². The maximum Gasteiger partial charge on any atom is 0.259 e. The molecule has 1 aliphatic heterocycles. The van der Waals surface area contributed by atoms with Crippen molar-refractivity contribution in [3.8, 4) is 0 Å². The van der Waals surface area contributed by atoms with E-state index in [-0.39, 0.29) is 22.6 Å². The smallest absolute Gasteiger partial charge is 0.259 e. The van der Waals surface area contributed by atoms with Crippen LogP contribution in [0.3, 0.4) is 0 Å². The van der Waals surface area contributed by atoms with E-state index in [9.17, 15) is 14.4 Å². The lowest BCUT2D eigenvalue weighted by atomic mass is 9.96. The minimum absolute atomic E-state index is 0.164. The number of aryl methyl sites for hydroxylation is 2. The molecule has 5 heteroatoms. The first-order valence-electron chi connectivity index (χ1n) is 8.72. The van der Waals surface area contributed by atoms with E-state index < -0.39 is 11.8 Å². The van der Waals surface area contributed by atoms with Crippen LogP contribution in [0, 0.1) is 13.8 Å². The van der Waals surface area contributed by atoms with Crippen LogP contribution < -0.4 is 10.2 Å². The fourth-order valence-electron chi connectivity index (χ4n) is 3.57. The number of amides is 3. The van der Waals surface area contributed by atoms with Gasteiger partial charge < -0.3 is 4.90 Å². The number of rotatable bonds is 4. The molecule has 3 amide bonds. The van der Waals surface area contributed by atoms with Gasteiger partial charge in [0.1, 0.15) is 0 Å². The highest BCUT2D eigenvalue weighted by atomic mass is 16.2. The molecule has 1 N–H and O–H groups in total. The van der Waals surface area contributed by atoms with Gasteiger partial charge in [-0.3, -0.25) is 19.7 Å². The van der Waals surface area contributed by atoms with Gasteiger partial charge in [0.05, 0.1) is 16.7 Å². The predicted octanol–water partition coefficient (Wildman–Crippen LogP) is 3.42. The van der Waals surface area contributed by atoms with E-state index in [4.69, 9.17) is 0 Å². The van der Waals surface area contributed by atoms with Crippen molar-refractivity contribution in [2.24, 2.45) is 0 Å². The number of anilines is 1. The molecule has 26 heavy (non-hydrogen) atoms. The second-order valence-electron chi connectivity index (χ2n) is 6.65. The van der Waals surface area contributed by atoms with E-state index in [1.807, 2.05) is 19.9 Å². The molecule has 0 aromatic heterocycles. The van der Waals surface area contributed by atoms with Gasteiger partial charge in [-0.05, 0) is 49.1 Å². The highest BCUT2D eigenvalue weighted by Gasteiger charge is 2.32. The van der Waals surface area contributed by atoms with Crippen LogP contribution in [-0.4, -0.2) is 24.8 Å². The Morgan fingerprint density at radius 1 is 1.04 bits per heavy atom. The molecule has 0 aliphatic carbocycles. The fourth-order valence-corrected chi connectivity index (χ4v) is 3.57. The summed E-state index contributed by atoms with van der Waals surface area (Å²) >= 11 is 0. The molecule has 0 spiro atoms. The van der Waals surface area contributed by atoms with Crippen molar-refractivity contribution in [3.05, 3.63) is 63.7 Å². The van der Waals surface area contributed by atoms with Gasteiger partial charge in [0.25, 0.3) is 17.7 Å². The van der Waals surface area contributed by atoms with Crippen LogP contribution >= 0.6 is 0 Å². The lowest BCUT2D eigenvalue weighted by Gasteiger charge is -2.25. The number of imide groups is 1. The van der Waals surface area contributed by atoms with Crippen molar-refractivity contribution in [1.29, 1.82) is 0 Å². The SMILES string of the molecule is CCCc1c(C)ccc(C)c1N(C)C(=O)c1cccc2c1C(=O)NC2=O. The van der Waals surface area contributed by atoms with E-state index >= 15 is 0 Å². The molecule has 0 fully saturated rings. The van der Waals surface area contributed by atoms with E-state index in [0.717, 1.165) is 35.2 Å². The summed E-state index contributed by atoms with van der Waals surface area (Å²) in [5.41, 5.74) is 4.81. The summed E-state index contributed by atoms with van der Waals surface area (Å²) in [6, 6.07) is 8.86. The molecular weight excluding hydrogens is 328 g/mol. The monoisotopic (exact) mass is 350 g/mol. The van der Waals surface area contributed by atoms with Gasteiger partial charge in [-0.15, -0.1) is 0 Å². The number of nitrogens with zero attached hydrogens (tertiary/aromatic N) is 1. The molecule has 2 aromatic carbocycles. The van der Waals surface area contributed by atoms with E-state index in [2.05, 4.69) is 18.3 Å². The maximum atomic E-state index is 13.2. The summed E-state index contributed by atoms with van der Waals surface area (Å²) in [7, 11) is 1.72. The van der Waals surface area contributed by atoms with Gasteiger partial charge in [0.15, 0.2) is 0 Å². The van der Waals surface area contributed by atoms with E-state index in [0.29, 0.717) is 0 Å². The van der Waals surface area contributed by atoms with Crippen molar-refractivity contribution >= 4 is 23.4 Å². The largest absolute Gasteiger partial charge is 0.311 e. The van der Waals surface area contributed by atoms with Crippen LogP contribution in [0.1, 0.15) is 61.1 Å². The summed E-state index contributed by atoms with van der Waals surface area (Å²) in [5, 5.41) is 2.26. The van der Waals surface area contributed by atoms with Crippen molar-refractivity contribution in [3.63, 3.8) is 0 Å². The highest BCUT2D eigenvalue weighted by molar-refractivity contribution is 6.26. The van der Waals surface area contributed by atoms with Crippen LogP contribution in [0.4, 0.5) is 5.69 Å². The van der Waals surface area contributed by atoms with E-state index in [1.165, 1.54) is 0 Å². The predicted molar refractivity (Wildman–Crippen MR) is 101 cm³/mol. The first-order chi connectivity index (χ1) is 12.4. The van der Waals surface area contributed by atoms with Crippen LogP contribution in [0.25, 0.3) is 0 Å². The third-order valence-electron chi connectivity index (χ3n) is 4.85. The topological polar surface area (TPSA) is 66.5 Å². The number of carbonyl (C=O) groups is 3. The summed E-state index contributed by atoms with van der Waals surface area (Å²) in [6.07, 6.45) is 1.84. The molecule has 3 rings (SSSR count). The molecule has 0 saturated heterocycles. The molecule has 1 aliphatic rings. The van der Waals surface area contributed by atoms with Gasteiger partial charge in [0.2, 0.25) is 0 Å². The standard InChI is InChI=1S/C21H22N2O3/c1-5-7-14-12(2)10-11-13(3)18(14)23(4)21(26)16-9-6-8-15-17(16)20(25)22-19(15)24/h6,8-11H,5,7H2,1-4H3,(H,22,24,25). The quantitative estimate of drug-likeness (QED) is 0.859. The van der Waals surface area contributed by atoms with Gasteiger partial charge >= 0.3 is 0 Å². The minimum Gasteiger partial charge on any atom is -0.311 e. The second-order valence-corrected chi connectivity index (χ2v) is 6.65. The first-order valence-corrected chi connectivity index (χ1v) is 8.72. The Kier molecular flexibility index (Phi) is 4.64. The third kappa shape index (κ3) is 2.79. The zero-order valence-corrected chi connectivity index (χ0v) is 15.5. The van der Waals surface area contributed by atoms with Crippen LogP contribution in [-0.2, 0) is 6.42 Å². The van der Waals surface area contributed by atoms with Gasteiger partial charge in [-0.1, -0.05) is 31.5 Å². The number of nitrogens with one attached hydrogen (secondary N) is 1. The molecule has 0 bridgehead atoms. The van der Waals surface area contributed by atoms with Gasteiger partial charge in [0, 0.05) is 12.7 Å². The van der Waals surface area contributed by atoms with Crippen LogP contribution in [0.5, 0.6) is 0 Å². The molecule has 134 valence electrons. The number of hydrogen-bond acceptors (Lipinski definition) is 3. The molecule has 0 atom stereocenters. The lowest BCUT2D eigenvalue weighted by Crippen LogP contribution is -2.30. The van der Waals surface area contributed by atoms with Gasteiger partial charge in [-0.2, -0.15) is 0 Å². The van der Waals surface area contributed by atoms with E-state index in [1.54, 1.807) is 30.1 Å². The van der Waals surface area contributed by atoms with Crippen LogP contribution in [0.15, 0.2) is 30.3 Å². The minimum atomic E-state index is -0.517. The molecule has 1 heterocycles. The molecule has 0 unspecified atom stereocenters. The second kappa shape index (κ2) is 6.75. The molecule has 2 aromatic rings. The zero-order valence-electron chi connectivity index (χ0n) is 15.5. The Morgan fingerprint density at radius 2 is 1.73 bits per heavy atom. The zero-order chi connectivity index (χ0) is 19.0. The molecular formula is C21H22N2O3. The summed E-state index contributed by atoms with van der Waals surface area (Å²) in [6.45, 7) is 6.12. The van der Waals surface area contributed by atoms with Crippen molar-refractivity contribution in [2.75, 3.05) is 11.9 Å². The van der Waals surface area contributed by atoms with Gasteiger partial charge in [-0.25, -0.2) is 0 Å². The average Bonchev–Trinajstić information content (AvgIpc) is 2.92. The first kappa shape index (κ1) is 17.9. The fraction of sp³-hybridized carbons (Fsp3) is 0.286. The number of hydrogen-bond donors (Lipinski definition) is 1. The number of benzene rings is 2. The average molecular weight is 350 g/mol. The lowest BCUT2D eigenvalue weighted by molar-refractivity contribution is 0.0874. The third-order valence-corrected chi connectivity index (χ3v) is 4.85. The normalized spacial score (nSPS) is 12.8. The highest BCUT2D eigenvalue weighted by Crippen LogP contribution is 2.31. The molecule has 0 radical (unpaired) electrons. The maximum absolute atomic E-state index is 13.2. The summed E-state index contributed by atoms with van der Waals surface area (Å²) < 4.78 is 0. The number of carbonyl (C=O) groups excluding carboxylic acids is 3. The Balaban J connectivity index is 2.10. The number of fused-ring (bicyclic) bond motifs is 1. The Morgan fingerprint density at radius 3 is 2.42 bits per heavy atom.